The molecule has 0 N–H and O–H groups in total. The van der Waals surface area contributed by atoms with Crippen molar-refractivity contribution >= 4 is 15.9 Å². The van der Waals surface area contributed by atoms with Crippen LogP contribution in [0.2, 0.25) is 0 Å². The van der Waals surface area contributed by atoms with E-state index in [-0.39, 0.29) is 0 Å². The normalized spacial score (nSPS) is 24.8. The maximum atomic E-state index is 5.51. The monoisotopic (exact) mass is 326 g/mol. The van der Waals surface area contributed by atoms with Gasteiger partial charge in [-0.1, -0.05) is 41.8 Å². The number of ether oxygens (including phenoxy) is 2. The van der Waals surface area contributed by atoms with E-state index in [2.05, 4.69) is 28.9 Å². The zero-order chi connectivity index (χ0) is 13.8. The first-order valence-electron chi connectivity index (χ1n) is 7.01. The minimum Gasteiger partial charge on any atom is -0.497 e. The Morgan fingerprint density at radius 2 is 1.79 bits per heavy atom. The molecule has 1 aromatic rings. The summed E-state index contributed by atoms with van der Waals surface area (Å²) in [7, 11) is 3.41. The second-order valence-electron chi connectivity index (χ2n) is 5.53. The lowest BCUT2D eigenvalue weighted by Gasteiger charge is -2.30. The van der Waals surface area contributed by atoms with Crippen molar-refractivity contribution in [1.82, 2.24) is 0 Å². The summed E-state index contributed by atoms with van der Waals surface area (Å²) >= 11 is 3.88. The van der Waals surface area contributed by atoms with Crippen molar-refractivity contribution in [3.05, 3.63) is 23.8 Å². The minimum atomic E-state index is 0.376. The van der Waals surface area contributed by atoms with E-state index >= 15 is 0 Å². The molecule has 1 aromatic carbocycles. The molecule has 0 aliphatic heterocycles. The third-order valence-electron chi connectivity index (χ3n) is 4.21. The van der Waals surface area contributed by atoms with Crippen LogP contribution in [0.3, 0.4) is 0 Å². The second kappa shape index (κ2) is 6.65. The Bertz CT molecular complexity index is 411. The predicted octanol–water partition coefficient (Wildman–Crippen LogP) is 4.97. The Morgan fingerprint density at radius 3 is 2.37 bits per heavy atom. The average Bonchev–Trinajstić information content (AvgIpc) is 2.46. The van der Waals surface area contributed by atoms with Crippen LogP contribution in [0.1, 0.15) is 43.0 Å². The third kappa shape index (κ3) is 3.44. The van der Waals surface area contributed by atoms with Crippen molar-refractivity contribution in [3.8, 4) is 11.5 Å². The van der Waals surface area contributed by atoms with Gasteiger partial charge in [-0.15, -0.1) is 0 Å². The lowest BCUT2D eigenvalue weighted by atomic mass is 9.80. The van der Waals surface area contributed by atoms with Gasteiger partial charge in [0.25, 0.3) is 0 Å². The highest BCUT2D eigenvalue weighted by molar-refractivity contribution is 9.09. The van der Waals surface area contributed by atoms with Gasteiger partial charge < -0.3 is 9.47 Å². The average molecular weight is 327 g/mol. The van der Waals surface area contributed by atoms with Crippen molar-refractivity contribution in [2.75, 3.05) is 14.2 Å². The van der Waals surface area contributed by atoms with E-state index in [1.165, 1.54) is 31.2 Å². The first-order chi connectivity index (χ1) is 9.15. The number of hydrogen-bond donors (Lipinski definition) is 0. The smallest absolute Gasteiger partial charge is 0.126 e. The molecular formula is C16H23BrO2. The van der Waals surface area contributed by atoms with Crippen LogP contribution >= 0.6 is 15.9 Å². The van der Waals surface area contributed by atoms with E-state index in [0.717, 1.165) is 17.4 Å². The zero-order valence-corrected chi connectivity index (χ0v) is 13.6. The van der Waals surface area contributed by atoms with Crippen molar-refractivity contribution < 1.29 is 9.47 Å². The van der Waals surface area contributed by atoms with E-state index in [1.54, 1.807) is 14.2 Å². The van der Waals surface area contributed by atoms with Gasteiger partial charge in [0.1, 0.15) is 11.5 Å². The van der Waals surface area contributed by atoms with Gasteiger partial charge in [-0.05, 0) is 30.7 Å². The highest BCUT2D eigenvalue weighted by Gasteiger charge is 2.27. The summed E-state index contributed by atoms with van der Waals surface area (Å²) < 4.78 is 10.8. The van der Waals surface area contributed by atoms with Crippen molar-refractivity contribution in [3.63, 3.8) is 0 Å². The maximum Gasteiger partial charge on any atom is 0.126 e. The molecule has 1 unspecified atom stereocenters. The van der Waals surface area contributed by atoms with Crippen LogP contribution in [0, 0.1) is 11.8 Å². The molecule has 3 heteroatoms. The van der Waals surface area contributed by atoms with Crippen molar-refractivity contribution in [1.29, 1.82) is 0 Å². The highest BCUT2D eigenvalue weighted by atomic mass is 79.9. The molecule has 106 valence electrons. The summed E-state index contributed by atoms with van der Waals surface area (Å²) in [6, 6.07) is 6.10. The van der Waals surface area contributed by atoms with E-state index < -0.39 is 0 Å². The molecule has 0 aromatic heterocycles. The quantitative estimate of drug-likeness (QED) is 0.727. The Morgan fingerprint density at radius 1 is 1.11 bits per heavy atom. The number of hydrogen-bond acceptors (Lipinski definition) is 2. The fourth-order valence-electron chi connectivity index (χ4n) is 2.88. The number of benzene rings is 1. The fourth-order valence-corrected chi connectivity index (χ4v) is 3.79. The summed E-state index contributed by atoms with van der Waals surface area (Å²) in [5.41, 5.74) is 1.24. The number of halogens is 1. The molecule has 0 bridgehead atoms. The van der Waals surface area contributed by atoms with Crippen molar-refractivity contribution in [2.24, 2.45) is 11.8 Å². The topological polar surface area (TPSA) is 18.5 Å². The predicted molar refractivity (Wildman–Crippen MR) is 82.3 cm³/mol. The number of rotatable bonds is 4. The molecular weight excluding hydrogens is 304 g/mol. The highest BCUT2D eigenvalue weighted by Crippen LogP contribution is 2.44. The van der Waals surface area contributed by atoms with E-state index in [9.17, 15) is 0 Å². The number of alkyl halides is 1. The second-order valence-corrected chi connectivity index (χ2v) is 6.52. The van der Waals surface area contributed by atoms with Crippen molar-refractivity contribution in [2.45, 2.75) is 37.4 Å². The molecule has 2 nitrogen and oxygen atoms in total. The lowest BCUT2D eigenvalue weighted by Crippen LogP contribution is -2.16. The van der Waals surface area contributed by atoms with Crippen LogP contribution in [0.15, 0.2) is 18.2 Å². The lowest BCUT2D eigenvalue weighted by molar-refractivity contribution is 0.284. The van der Waals surface area contributed by atoms with Gasteiger partial charge in [-0.3, -0.25) is 0 Å². The summed E-state index contributed by atoms with van der Waals surface area (Å²) in [4.78, 5) is 0.376. The van der Waals surface area contributed by atoms with Gasteiger partial charge in [-0.2, -0.15) is 0 Å². The van der Waals surface area contributed by atoms with Crippen LogP contribution in [0.25, 0.3) is 0 Å². The molecule has 0 spiro atoms. The van der Waals surface area contributed by atoms with E-state index in [0.29, 0.717) is 10.7 Å². The standard InChI is InChI=1S/C16H23BrO2/c1-11-4-6-12(7-5-11)16(17)14-9-8-13(18-2)10-15(14)19-3/h8-12,16H,4-7H2,1-3H3. The van der Waals surface area contributed by atoms with Crippen LogP contribution in [-0.4, -0.2) is 14.2 Å². The zero-order valence-electron chi connectivity index (χ0n) is 12.0. The van der Waals surface area contributed by atoms with Crippen LogP contribution < -0.4 is 9.47 Å². The molecule has 0 radical (unpaired) electrons. The Balaban J connectivity index is 2.16. The SMILES string of the molecule is COc1ccc(C(Br)C2CCC(C)CC2)c(OC)c1. The largest absolute Gasteiger partial charge is 0.497 e. The molecule has 1 saturated carbocycles. The van der Waals surface area contributed by atoms with Gasteiger partial charge in [0.15, 0.2) is 0 Å². The van der Waals surface area contributed by atoms with Gasteiger partial charge in [0.2, 0.25) is 0 Å². The Kier molecular flexibility index (Phi) is 5.14. The van der Waals surface area contributed by atoms with Gasteiger partial charge in [0, 0.05) is 16.5 Å². The molecule has 2 rings (SSSR count). The van der Waals surface area contributed by atoms with Gasteiger partial charge >= 0.3 is 0 Å². The van der Waals surface area contributed by atoms with Crippen LogP contribution in [0.4, 0.5) is 0 Å². The molecule has 0 saturated heterocycles. The fraction of sp³-hybridized carbons (Fsp3) is 0.625. The first-order valence-corrected chi connectivity index (χ1v) is 7.93. The summed E-state index contributed by atoms with van der Waals surface area (Å²) in [5.74, 6) is 3.35. The van der Waals surface area contributed by atoms with Crippen LogP contribution in [-0.2, 0) is 0 Å². The molecule has 0 heterocycles. The number of methoxy groups -OCH3 is 2. The molecule has 1 fully saturated rings. The van der Waals surface area contributed by atoms with Crippen LogP contribution in [0.5, 0.6) is 11.5 Å². The summed E-state index contributed by atoms with van der Waals surface area (Å²) in [6.45, 7) is 2.35. The molecule has 1 aliphatic carbocycles. The molecule has 0 amide bonds. The van der Waals surface area contributed by atoms with Gasteiger partial charge in [-0.25, -0.2) is 0 Å². The molecule has 1 aliphatic rings. The summed E-state index contributed by atoms with van der Waals surface area (Å²) in [6.07, 6.45) is 5.27. The van der Waals surface area contributed by atoms with E-state index in [1.807, 2.05) is 12.1 Å². The van der Waals surface area contributed by atoms with E-state index in [4.69, 9.17) is 9.47 Å². The molecule has 19 heavy (non-hydrogen) atoms. The maximum absolute atomic E-state index is 5.51. The third-order valence-corrected chi connectivity index (χ3v) is 5.45. The Labute approximate surface area is 124 Å². The molecule has 1 atom stereocenters. The first kappa shape index (κ1) is 14.7. The minimum absolute atomic E-state index is 0.376. The summed E-state index contributed by atoms with van der Waals surface area (Å²) in [5, 5.41) is 0. The van der Waals surface area contributed by atoms with Gasteiger partial charge in [0.05, 0.1) is 14.2 Å². The Hall–Kier alpha value is -0.700.